The van der Waals surface area contributed by atoms with Crippen LogP contribution < -0.4 is 9.47 Å². The Bertz CT molecular complexity index is 1560. The number of benzene rings is 2. The summed E-state index contributed by atoms with van der Waals surface area (Å²) >= 11 is 0. The number of ether oxygens (including phenoxy) is 3. The number of rotatable bonds is 8. The molecule has 0 amide bonds. The maximum absolute atomic E-state index is 11.6. The van der Waals surface area contributed by atoms with Crippen LogP contribution in [0.25, 0.3) is 17.1 Å². The SMILES string of the molecule is COc1c(C(=O)O)cnn1-c1cccc(-c2cccc(C)c2OCc2ccc3c(c2C)CN(C2COC2)C3)n1. The second-order valence-electron chi connectivity index (χ2n) is 9.99. The highest BCUT2D eigenvalue weighted by atomic mass is 16.5. The summed E-state index contributed by atoms with van der Waals surface area (Å²) in [5.41, 5.74) is 7.74. The third-order valence-corrected chi connectivity index (χ3v) is 7.64. The lowest BCUT2D eigenvalue weighted by molar-refractivity contribution is -0.0670. The molecule has 0 bridgehead atoms. The van der Waals surface area contributed by atoms with Crippen molar-refractivity contribution < 1.29 is 24.1 Å². The van der Waals surface area contributed by atoms with Crippen LogP contribution in [0, 0.1) is 13.8 Å². The van der Waals surface area contributed by atoms with E-state index in [1.54, 1.807) is 6.07 Å². The fraction of sp³-hybridized carbons (Fsp3) is 0.300. The van der Waals surface area contributed by atoms with E-state index >= 15 is 0 Å². The van der Waals surface area contributed by atoms with Crippen LogP contribution in [0.4, 0.5) is 0 Å². The molecular formula is C30H30N4O5. The zero-order valence-corrected chi connectivity index (χ0v) is 22.2. The van der Waals surface area contributed by atoms with Crippen molar-refractivity contribution >= 4 is 5.97 Å². The minimum Gasteiger partial charge on any atom is -0.488 e. The summed E-state index contributed by atoms with van der Waals surface area (Å²) in [6.45, 7) is 8.22. The zero-order valence-electron chi connectivity index (χ0n) is 22.2. The monoisotopic (exact) mass is 526 g/mol. The van der Waals surface area contributed by atoms with Gasteiger partial charge in [-0.25, -0.2) is 9.78 Å². The lowest BCUT2D eigenvalue weighted by atomic mass is 9.99. The molecule has 2 aliphatic rings. The van der Waals surface area contributed by atoms with E-state index in [4.69, 9.17) is 19.2 Å². The molecule has 1 fully saturated rings. The molecule has 1 N–H and O–H groups in total. The first-order valence-corrected chi connectivity index (χ1v) is 12.9. The molecule has 39 heavy (non-hydrogen) atoms. The van der Waals surface area contributed by atoms with Gasteiger partial charge in [-0.2, -0.15) is 9.78 Å². The number of aromatic nitrogens is 3. The Balaban J connectivity index is 1.28. The number of hydrogen-bond donors (Lipinski definition) is 1. The van der Waals surface area contributed by atoms with Crippen LogP contribution in [-0.2, 0) is 24.4 Å². The van der Waals surface area contributed by atoms with Crippen molar-refractivity contribution in [1.29, 1.82) is 0 Å². The number of para-hydroxylation sites is 1. The van der Waals surface area contributed by atoms with Crippen molar-refractivity contribution in [2.45, 2.75) is 39.6 Å². The third-order valence-electron chi connectivity index (χ3n) is 7.64. The Labute approximate surface area is 226 Å². The molecule has 9 nitrogen and oxygen atoms in total. The normalized spacial score (nSPS) is 15.2. The minimum atomic E-state index is -1.12. The second kappa shape index (κ2) is 10.2. The summed E-state index contributed by atoms with van der Waals surface area (Å²) in [5.74, 6) is 0.202. The van der Waals surface area contributed by atoms with Crippen LogP contribution in [0.5, 0.6) is 11.6 Å². The van der Waals surface area contributed by atoms with Gasteiger partial charge in [-0.15, -0.1) is 0 Å². The molecule has 1 saturated heterocycles. The smallest absolute Gasteiger partial charge is 0.342 e. The molecule has 200 valence electrons. The minimum absolute atomic E-state index is 0.0295. The van der Waals surface area contributed by atoms with Crippen molar-refractivity contribution in [1.82, 2.24) is 19.7 Å². The maximum Gasteiger partial charge on any atom is 0.342 e. The Morgan fingerprint density at radius 2 is 1.92 bits per heavy atom. The van der Waals surface area contributed by atoms with E-state index in [9.17, 15) is 9.90 Å². The highest BCUT2D eigenvalue weighted by Gasteiger charge is 2.31. The van der Waals surface area contributed by atoms with E-state index < -0.39 is 5.97 Å². The van der Waals surface area contributed by atoms with Gasteiger partial charge in [0.1, 0.15) is 17.9 Å². The zero-order chi connectivity index (χ0) is 27.1. The molecule has 2 aromatic heterocycles. The van der Waals surface area contributed by atoms with Crippen LogP contribution in [0.15, 0.2) is 54.7 Å². The molecule has 0 saturated carbocycles. The lowest BCUT2D eigenvalue weighted by Crippen LogP contribution is -2.46. The average molecular weight is 527 g/mol. The van der Waals surface area contributed by atoms with Gasteiger partial charge in [0.25, 0.3) is 0 Å². The fourth-order valence-electron chi connectivity index (χ4n) is 5.29. The van der Waals surface area contributed by atoms with Gasteiger partial charge in [-0.05, 0) is 59.9 Å². The molecule has 2 aliphatic heterocycles. The molecule has 0 aliphatic carbocycles. The van der Waals surface area contributed by atoms with E-state index in [0.29, 0.717) is 24.2 Å². The first kappa shape index (κ1) is 25.1. The second-order valence-corrected chi connectivity index (χ2v) is 9.99. The fourth-order valence-corrected chi connectivity index (χ4v) is 5.29. The average Bonchev–Trinajstić information content (AvgIpc) is 3.53. The summed E-state index contributed by atoms with van der Waals surface area (Å²) in [4.78, 5) is 18.8. The summed E-state index contributed by atoms with van der Waals surface area (Å²) < 4.78 is 18.6. The predicted octanol–water partition coefficient (Wildman–Crippen LogP) is 4.55. The number of aromatic carboxylic acids is 1. The Hall–Kier alpha value is -4.21. The molecule has 0 atom stereocenters. The Kier molecular flexibility index (Phi) is 6.54. The third kappa shape index (κ3) is 4.53. The Morgan fingerprint density at radius 1 is 1.10 bits per heavy atom. The van der Waals surface area contributed by atoms with Crippen LogP contribution in [-0.4, -0.2) is 57.1 Å². The lowest BCUT2D eigenvalue weighted by Gasteiger charge is -2.34. The van der Waals surface area contributed by atoms with Gasteiger partial charge < -0.3 is 19.3 Å². The number of aryl methyl sites for hydroxylation is 1. The number of hydrogen-bond acceptors (Lipinski definition) is 7. The molecular weight excluding hydrogens is 496 g/mol. The van der Waals surface area contributed by atoms with Crippen molar-refractivity contribution in [3.63, 3.8) is 0 Å². The number of nitrogens with zero attached hydrogens (tertiary/aromatic N) is 4. The standard InChI is InChI=1S/C30H30N4O5/c1-18-6-4-7-23(26-8-5-9-27(32-26)34-29(37-3)24(12-31-34)30(35)36)28(18)39-15-21-11-10-20-13-33(22-16-38-17-22)14-25(20)19(21)2/h4-12,22H,13-17H2,1-3H3,(H,35,36). The van der Waals surface area contributed by atoms with E-state index in [2.05, 4.69) is 29.1 Å². The molecule has 0 unspecified atom stereocenters. The van der Waals surface area contributed by atoms with Crippen molar-refractivity contribution in [3.05, 3.63) is 88.1 Å². The summed E-state index contributed by atoms with van der Waals surface area (Å²) in [6.07, 6.45) is 1.26. The van der Waals surface area contributed by atoms with Crippen LogP contribution in [0.2, 0.25) is 0 Å². The van der Waals surface area contributed by atoms with Gasteiger partial charge in [-0.3, -0.25) is 4.90 Å². The first-order chi connectivity index (χ1) is 18.9. The van der Waals surface area contributed by atoms with Gasteiger partial charge in [-0.1, -0.05) is 30.3 Å². The number of pyridine rings is 1. The van der Waals surface area contributed by atoms with Crippen molar-refractivity contribution in [3.8, 4) is 28.7 Å². The van der Waals surface area contributed by atoms with Gasteiger partial charge in [0.05, 0.1) is 38.3 Å². The number of carboxylic acids is 1. The van der Waals surface area contributed by atoms with Gasteiger partial charge in [0.2, 0.25) is 5.88 Å². The van der Waals surface area contributed by atoms with Crippen LogP contribution >= 0.6 is 0 Å². The van der Waals surface area contributed by atoms with Gasteiger partial charge in [0.15, 0.2) is 5.82 Å². The molecule has 0 spiro atoms. The maximum atomic E-state index is 11.6. The largest absolute Gasteiger partial charge is 0.488 e. The van der Waals surface area contributed by atoms with Crippen LogP contribution in [0.3, 0.4) is 0 Å². The van der Waals surface area contributed by atoms with E-state index in [0.717, 1.165) is 43.2 Å². The summed E-state index contributed by atoms with van der Waals surface area (Å²) in [5, 5.41) is 13.7. The number of methoxy groups -OCH3 is 1. The number of fused-ring (bicyclic) bond motifs is 1. The highest BCUT2D eigenvalue weighted by molar-refractivity contribution is 5.90. The van der Waals surface area contributed by atoms with E-state index in [-0.39, 0.29) is 11.4 Å². The summed E-state index contributed by atoms with van der Waals surface area (Å²) in [6, 6.07) is 16.4. The summed E-state index contributed by atoms with van der Waals surface area (Å²) in [7, 11) is 1.41. The van der Waals surface area contributed by atoms with Gasteiger partial charge in [0, 0.05) is 18.7 Å². The molecule has 4 heterocycles. The van der Waals surface area contributed by atoms with Crippen molar-refractivity contribution in [2.24, 2.45) is 0 Å². The first-order valence-electron chi connectivity index (χ1n) is 12.9. The van der Waals surface area contributed by atoms with Crippen LogP contribution in [0.1, 0.15) is 38.2 Å². The number of carbonyl (C=O) groups is 1. The van der Waals surface area contributed by atoms with E-state index in [1.807, 2.05) is 37.3 Å². The number of carboxylic acid groups (broad SMARTS) is 1. The topological polar surface area (TPSA) is 98.9 Å². The Morgan fingerprint density at radius 3 is 2.67 bits per heavy atom. The predicted molar refractivity (Wildman–Crippen MR) is 144 cm³/mol. The molecule has 9 heteroatoms. The quantitative estimate of drug-likeness (QED) is 0.357. The molecule has 6 rings (SSSR count). The van der Waals surface area contributed by atoms with Crippen molar-refractivity contribution in [2.75, 3.05) is 20.3 Å². The van der Waals surface area contributed by atoms with Gasteiger partial charge >= 0.3 is 5.97 Å². The molecule has 2 aromatic carbocycles. The van der Waals surface area contributed by atoms with E-state index in [1.165, 1.54) is 40.2 Å². The molecule has 4 aromatic rings. The molecule has 0 radical (unpaired) electrons. The highest BCUT2D eigenvalue weighted by Crippen LogP contribution is 2.35.